The molecule has 1 aliphatic heterocycles. The fraction of sp³-hybridized carbons (Fsp3) is 0.429. The summed E-state index contributed by atoms with van der Waals surface area (Å²) in [6.07, 6.45) is 4.90. The Morgan fingerprint density at radius 2 is 1.80 bits per heavy atom. The summed E-state index contributed by atoms with van der Waals surface area (Å²) in [4.78, 5) is 13.6. The van der Waals surface area contributed by atoms with E-state index >= 15 is 0 Å². The first-order valence-electron chi connectivity index (χ1n) is 13.0. The molecule has 1 aliphatic rings. The number of benzene rings is 2. The van der Waals surface area contributed by atoms with Crippen LogP contribution in [0.3, 0.4) is 0 Å². The predicted octanol–water partition coefficient (Wildman–Crippen LogP) is 5.02. The monoisotopic (exact) mass is 588 g/mol. The van der Waals surface area contributed by atoms with E-state index in [9.17, 15) is 8.42 Å². The third-order valence-electron chi connectivity index (χ3n) is 7.03. The lowest BCUT2D eigenvalue weighted by atomic mass is 10.0. The lowest BCUT2D eigenvalue weighted by Crippen LogP contribution is -2.42. The number of hydrogen-bond acceptors (Lipinski definition) is 10. The third kappa shape index (κ3) is 7.26. The van der Waals surface area contributed by atoms with Gasteiger partial charge in [0, 0.05) is 42.8 Å². The lowest BCUT2D eigenvalue weighted by molar-refractivity contribution is 0.249. The van der Waals surface area contributed by atoms with E-state index in [0.29, 0.717) is 40.6 Å². The molecule has 1 aromatic heterocycles. The predicted molar refractivity (Wildman–Crippen MR) is 162 cm³/mol. The molecule has 2 aromatic carbocycles. The molecular weight excluding hydrogens is 552 g/mol. The molecular formula is C28H37ClN6O4S. The summed E-state index contributed by atoms with van der Waals surface area (Å²) >= 11 is 6.42. The second kappa shape index (κ2) is 12.5. The van der Waals surface area contributed by atoms with E-state index in [2.05, 4.69) is 57.5 Å². The van der Waals surface area contributed by atoms with Crippen molar-refractivity contribution in [3.63, 3.8) is 0 Å². The Hall–Kier alpha value is -3.28. The van der Waals surface area contributed by atoms with Gasteiger partial charge in [0.05, 0.1) is 31.9 Å². The summed E-state index contributed by atoms with van der Waals surface area (Å²) < 4.78 is 35.1. The van der Waals surface area contributed by atoms with Crippen LogP contribution < -0.4 is 25.0 Å². The highest BCUT2D eigenvalue weighted by atomic mass is 35.5. The van der Waals surface area contributed by atoms with Crippen LogP contribution in [0.25, 0.3) is 0 Å². The molecule has 3 aromatic rings. The largest absolute Gasteiger partial charge is 0.497 e. The number of aryl methyl sites for hydroxylation is 1. The van der Waals surface area contributed by atoms with Crippen molar-refractivity contribution in [3.05, 3.63) is 52.7 Å². The van der Waals surface area contributed by atoms with Gasteiger partial charge in [-0.2, -0.15) is 4.98 Å². The quantitative estimate of drug-likeness (QED) is 0.335. The van der Waals surface area contributed by atoms with Gasteiger partial charge in [-0.05, 0) is 69.3 Å². The Morgan fingerprint density at radius 1 is 1.07 bits per heavy atom. The number of rotatable bonds is 10. The molecule has 40 heavy (non-hydrogen) atoms. The zero-order valence-electron chi connectivity index (χ0n) is 23.8. The molecule has 4 rings (SSSR count). The van der Waals surface area contributed by atoms with Gasteiger partial charge in [0.2, 0.25) is 5.95 Å². The maximum absolute atomic E-state index is 12.0. The van der Waals surface area contributed by atoms with Gasteiger partial charge in [-0.3, -0.25) is 0 Å². The van der Waals surface area contributed by atoms with Crippen LogP contribution in [-0.4, -0.2) is 77.0 Å². The molecule has 0 amide bonds. The van der Waals surface area contributed by atoms with Crippen LogP contribution in [0.5, 0.6) is 11.5 Å². The number of piperidine rings is 1. The summed E-state index contributed by atoms with van der Waals surface area (Å²) in [6, 6.07) is 9.83. The van der Waals surface area contributed by atoms with Gasteiger partial charge in [0.15, 0.2) is 15.7 Å². The summed E-state index contributed by atoms with van der Waals surface area (Å²) in [6.45, 7) is 4.06. The minimum absolute atomic E-state index is 0.171. The van der Waals surface area contributed by atoms with Crippen LogP contribution in [0.15, 0.2) is 36.5 Å². The Balaban J connectivity index is 1.58. The highest BCUT2D eigenvalue weighted by molar-refractivity contribution is 7.89. The average molecular weight is 589 g/mol. The standard InChI is InChI=1S/C28H37ClN6O4S/c1-18-13-24(26(39-5)15-25(18)35-11-9-20(10-12-35)34(2)3)32-28-30-16-22(29)27(33-28)31-23-8-7-21(38-4)14-19(23)17-40(6,36)37/h7-8,13-16,20H,9-12,17H2,1-6H3,(H2,30,31,32,33). The Labute approximate surface area is 241 Å². The van der Waals surface area contributed by atoms with Crippen molar-refractivity contribution < 1.29 is 17.9 Å². The minimum Gasteiger partial charge on any atom is -0.497 e. The lowest BCUT2D eigenvalue weighted by Gasteiger charge is -2.37. The molecule has 10 nitrogen and oxygen atoms in total. The second-order valence-electron chi connectivity index (χ2n) is 10.3. The van der Waals surface area contributed by atoms with E-state index in [0.717, 1.165) is 42.9 Å². The summed E-state index contributed by atoms with van der Waals surface area (Å²) in [5, 5.41) is 6.70. The van der Waals surface area contributed by atoms with E-state index in [4.69, 9.17) is 21.1 Å². The van der Waals surface area contributed by atoms with Crippen molar-refractivity contribution in [2.45, 2.75) is 31.6 Å². The number of nitrogens with one attached hydrogen (secondary N) is 2. The minimum atomic E-state index is -3.30. The first-order valence-corrected chi connectivity index (χ1v) is 15.4. The number of halogens is 1. The second-order valence-corrected chi connectivity index (χ2v) is 12.8. The van der Waals surface area contributed by atoms with E-state index in [1.807, 2.05) is 6.07 Å². The van der Waals surface area contributed by atoms with Gasteiger partial charge < -0.3 is 29.9 Å². The van der Waals surface area contributed by atoms with Crippen LogP contribution >= 0.6 is 11.6 Å². The van der Waals surface area contributed by atoms with Crippen molar-refractivity contribution in [2.75, 3.05) is 63.2 Å². The number of ether oxygens (including phenoxy) is 2. The number of aromatic nitrogens is 2. The number of hydrogen-bond donors (Lipinski definition) is 2. The third-order valence-corrected chi connectivity index (χ3v) is 8.14. The van der Waals surface area contributed by atoms with Gasteiger partial charge in [-0.25, -0.2) is 13.4 Å². The van der Waals surface area contributed by atoms with Gasteiger partial charge >= 0.3 is 0 Å². The molecule has 2 N–H and O–H groups in total. The summed E-state index contributed by atoms with van der Waals surface area (Å²) in [5.41, 5.74) is 4.07. The van der Waals surface area contributed by atoms with E-state index in [1.54, 1.807) is 25.3 Å². The Morgan fingerprint density at radius 3 is 2.42 bits per heavy atom. The molecule has 2 heterocycles. The zero-order chi connectivity index (χ0) is 29.0. The highest BCUT2D eigenvalue weighted by Crippen LogP contribution is 2.36. The summed E-state index contributed by atoms with van der Waals surface area (Å²) in [7, 11) is 4.15. The Kier molecular flexibility index (Phi) is 9.27. The van der Waals surface area contributed by atoms with Crippen molar-refractivity contribution >= 4 is 50.3 Å². The topological polar surface area (TPSA) is 109 Å². The fourth-order valence-electron chi connectivity index (χ4n) is 4.89. The normalized spacial score (nSPS) is 14.3. The first kappa shape index (κ1) is 29.7. The molecule has 0 bridgehead atoms. The molecule has 0 spiro atoms. The van der Waals surface area contributed by atoms with E-state index in [1.165, 1.54) is 19.6 Å². The molecule has 0 aliphatic carbocycles. The van der Waals surface area contributed by atoms with Gasteiger partial charge in [-0.1, -0.05) is 11.6 Å². The van der Waals surface area contributed by atoms with Crippen molar-refractivity contribution in [1.82, 2.24) is 14.9 Å². The zero-order valence-corrected chi connectivity index (χ0v) is 25.4. The maximum Gasteiger partial charge on any atom is 0.229 e. The van der Waals surface area contributed by atoms with Crippen molar-refractivity contribution in [2.24, 2.45) is 0 Å². The van der Waals surface area contributed by atoms with Crippen LogP contribution in [0.1, 0.15) is 24.0 Å². The van der Waals surface area contributed by atoms with Crippen LogP contribution in [0, 0.1) is 6.92 Å². The smallest absolute Gasteiger partial charge is 0.229 e. The van der Waals surface area contributed by atoms with Crippen molar-refractivity contribution in [1.29, 1.82) is 0 Å². The van der Waals surface area contributed by atoms with E-state index in [-0.39, 0.29) is 10.8 Å². The average Bonchev–Trinajstić information content (AvgIpc) is 2.91. The molecule has 1 fully saturated rings. The van der Waals surface area contributed by atoms with E-state index < -0.39 is 9.84 Å². The summed E-state index contributed by atoms with van der Waals surface area (Å²) in [5.74, 6) is 1.69. The van der Waals surface area contributed by atoms with Gasteiger partial charge in [0.1, 0.15) is 16.5 Å². The van der Waals surface area contributed by atoms with Crippen LogP contribution in [0.2, 0.25) is 5.02 Å². The fourth-order valence-corrected chi connectivity index (χ4v) is 5.83. The van der Waals surface area contributed by atoms with Crippen LogP contribution in [-0.2, 0) is 15.6 Å². The Bertz CT molecular complexity index is 1460. The molecule has 216 valence electrons. The number of nitrogens with zero attached hydrogens (tertiary/aromatic N) is 4. The molecule has 0 unspecified atom stereocenters. The van der Waals surface area contributed by atoms with Gasteiger partial charge in [-0.15, -0.1) is 0 Å². The van der Waals surface area contributed by atoms with Crippen LogP contribution in [0.4, 0.5) is 28.8 Å². The SMILES string of the molecule is COc1ccc(Nc2nc(Nc3cc(C)c(N4CCC(N(C)C)CC4)cc3OC)ncc2Cl)c(CS(C)(=O)=O)c1. The number of methoxy groups -OCH3 is 2. The molecule has 0 radical (unpaired) electrons. The first-order chi connectivity index (χ1) is 19.0. The molecule has 0 atom stereocenters. The number of anilines is 5. The highest BCUT2D eigenvalue weighted by Gasteiger charge is 2.23. The van der Waals surface area contributed by atoms with Crippen molar-refractivity contribution in [3.8, 4) is 11.5 Å². The number of sulfone groups is 1. The molecule has 1 saturated heterocycles. The molecule has 12 heteroatoms. The molecule has 0 saturated carbocycles. The van der Waals surface area contributed by atoms with Gasteiger partial charge in [0.25, 0.3) is 0 Å². The maximum atomic E-state index is 12.0.